The van der Waals surface area contributed by atoms with Gasteiger partial charge in [-0.05, 0) is 48.2 Å². The topological polar surface area (TPSA) is 56.8 Å². The standard InChI is InChI=1S/C21H27NO4/c1-15(2)10-11-26-19-9-8-16(12-20(19)25-4)14-22-21(23)17-6-5-7-18(13-17)24-3/h5-9,12-13,15H,10-11,14H2,1-4H3,(H,22,23). The van der Waals surface area contributed by atoms with Crippen molar-refractivity contribution in [2.24, 2.45) is 5.92 Å². The van der Waals surface area contributed by atoms with E-state index in [4.69, 9.17) is 14.2 Å². The average molecular weight is 357 g/mol. The summed E-state index contributed by atoms with van der Waals surface area (Å²) >= 11 is 0. The highest BCUT2D eigenvalue weighted by molar-refractivity contribution is 5.94. The molecule has 0 unspecified atom stereocenters. The van der Waals surface area contributed by atoms with E-state index in [2.05, 4.69) is 19.2 Å². The van der Waals surface area contributed by atoms with Crippen LogP contribution in [0.25, 0.3) is 0 Å². The van der Waals surface area contributed by atoms with E-state index in [1.807, 2.05) is 18.2 Å². The Morgan fingerprint density at radius 3 is 2.54 bits per heavy atom. The highest BCUT2D eigenvalue weighted by atomic mass is 16.5. The number of rotatable bonds is 9. The van der Waals surface area contributed by atoms with E-state index in [-0.39, 0.29) is 5.91 Å². The summed E-state index contributed by atoms with van der Waals surface area (Å²) in [4.78, 5) is 12.3. The summed E-state index contributed by atoms with van der Waals surface area (Å²) in [5.41, 5.74) is 1.50. The first-order chi connectivity index (χ1) is 12.5. The second-order valence-electron chi connectivity index (χ2n) is 6.43. The molecule has 5 nitrogen and oxygen atoms in total. The van der Waals surface area contributed by atoms with Gasteiger partial charge in [0.05, 0.1) is 20.8 Å². The predicted molar refractivity (Wildman–Crippen MR) is 102 cm³/mol. The number of amides is 1. The van der Waals surface area contributed by atoms with Crippen LogP contribution in [-0.4, -0.2) is 26.7 Å². The zero-order valence-corrected chi connectivity index (χ0v) is 15.9. The van der Waals surface area contributed by atoms with Gasteiger partial charge in [-0.1, -0.05) is 26.0 Å². The van der Waals surface area contributed by atoms with Crippen LogP contribution in [0, 0.1) is 5.92 Å². The third-order valence-corrected chi connectivity index (χ3v) is 3.97. The highest BCUT2D eigenvalue weighted by Gasteiger charge is 2.09. The second-order valence-corrected chi connectivity index (χ2v) is 6.43. The molecular formula is C21H27NO4. The Balaban J connectivity index is 1.97. The van der Waals surface area contributed by atoms with Crippen molar-refractivity contribution in [2.75, 3.05) is 20.8 Å². The molecule has 1 N–H and O–H groups in total. The Morgan fingerprint density at radius 2 is 1.85 bits per heavy atom. The molecule has 2 aromatic rings. The number of carbonyl (C=O) groups excluding carboxylic acids is 1. The van der Waals surface area contributed by atoms with Crippen LogP contribution in [0.2, 0.25) is 0 Å². The summed E-state index contributed by atoms with van der Waals surface area (Å²) in [7, 11) is 3.19. The minimum absolute atomic E-state index is 0.153. The largest absolute Gasteiger partial charge is 0.497 e. The Bertz CT molecular complexity index is 728. The normalized spacial score (nSPS) is 10.5. The Hall–Kier alpha value is -2.69. The molecule has 2 rings (SSSR count). The Labute approximate surface area is 155 Å². The lowest BCUT2D eigenvalue weighted by molar-refractivity contribution is 0.0950. The SMILES string of the molecule is COc1cccc(C(=O)NCc2ccc(OCCC(C)C)c(OC)c2)c1. The maximum absolute atomic E-state index is 12.3. The quantitative estimate of drug-likeness (QED) is 0.735. The van der Waals surface area contributed by atoms with Gasteiger partial charge in [0.2, 0.25) is 0 Å². The summed E-state index contributed by atoms with van der Waals surface area (Å²) in [6.07, 6.45) is 0.988. The van der Waals surface area contributed by atoms with Crippen molar-refractivity contribution in [3.8, 4) is 17.2 Å². The van der Waals surface area contributed by atoms with Gasteiger partial charge in [0.1, 0.15) is 5.75 Å². The molecule has 26 heavy (non-hydrogen) atoms. The Kier molecular flexibility index (Phi) is 7.33. The van der Waals surface area contributed by atoms with Crippen molar-refractivity contribution in [3.05, 3.63) is 53.6 Å². The number of benzene rings is 2. The van der Waals surface area contributed by atoms with Gasteiger partial charge in [-0.3, -0.25) is 4.79 Å². The van der Waals surface area contributed by atoms with Crippen LogP contribution in [0.1, 0.15) is 36.2 Å². The molecule has 140 valence electrons. The van der Waals surface area contributed by atoms with Gasteiger partial charge < -0.3 is 19.5 Å². The third kappa shape index (κ3) is 5.69. The summed E-state index contributed by atoms with van der Waals surface area (Å²) < 4.78 is 16.3. The number of hydrogen-bond acceptors (Lipinski definition) is 4. The minimum atomic E-state index is -0.153. The number of hydrogen-bond donors (Lipinski definition) is 1. The van der Waals surface area contributed by atoms with Crippen molar-refractivity contribution in [3.63, 3.8) is 0 Å². The highest BCUT2D eigenvalue weighted by Crippen LogP contribution is 2.28. The second kappa shape index (κ2) is 9.70. The molecule has 5 heteroatoms. The van der Waals surface area contributed by atoms with Gasteiger partial charge in [-0.2, -0.15) is 0 Å². The lowest BCUT2D eigenvalue weighted by Gasteiger charge is -2.13. The molecule has 1 amide bonds. The summed E-state index contributed by atoms with van der Waals surface area (Å²) in [6, 6.07) is 12.8. The third-order valence-electron chi connectivity index (χ3n) is 3.97. The van der Waals surface area contributed by atoms with Crippen LogP contribution in [0.3, 0.4) is 0 Å². The fourth-order valence-electron chi connectivity index (χ4n) is 2.39. The van der Waals surface area contributed by atoms with Crippen molar-refractivity contribution >= 4 is 5.91 Å². The van der Waals surface area contributed by atoms with E-state index in [1.165, 1.54) is 0 Å². The lowest BCUT2D eigenvalue weighted by Crippen LogP contribution is -2.22. The molecule has 0 aliphatic carbocycles. The molecule has 2 aromatic carbocycles. The van der Waals surface area contributed by atoms with E-state index >= 15 is 0 Å². The summed E-state index contributed by atoms with van der Waals surface area (Å²) in [5.74, 6) is 2.48. The molecule has 0 aromatic heterocycles. The fourth-order valence-corrected chi connectivity index (χ4v) is 2.39. The lowest BCUT2D eigenvalue weighted by atomic mass is 10.1. The number of methoxy groups -OCH3 is 2. The molecule has 0 spiro atoms. The molecule has 0 saturated heterocycles. The molecule has 0 aliphatic rings. The fraction of sp³-hybridized carbons (Fsp3) is 0.381. The molecule has 0 aliphatic heterocycles. The monoisotopic (exact) mass is 357 g/mol. The Morgan fingerprint density at radius 1 is 1.04 bits per heavy atom. The summed E-state index contributed by atoms with van der Waals surface area (Å²) in [5, 5.41) is 2.90. The predicted octanol–water partition coefficient (Wildman–Crippen LogP) is 4.06. The number of carbonyl (C=O) groups is 1. The van der Waals surface area contributed by atoms with Gasteiger partial charge in [-0.15, -0.1) is 0 Å². The van der Waals surface area contributed by atoms with E-state index in [0.29, 0.717) is 36.1 Å². The van der Waals surface area contributed by atoms with E-state index in [0.717, 1.165) is 17.7 Å². The maximum atomic E-state index is 12.3. The van der Waals surface area contributed by atoms with E-state index < -0.39 is 0 Å². The zero-order valence-electron chi connectivity index (χ0n) is 15.9. The molecular weight excluding hydrogens is 330 g/mol. The van der Waals surface area contributed by atoms with Gasteiger partial charge in [0, 0.05) is 12.1 Å². The average Bonchev–Trinajstić information content (AvgIpc) is 2.66. The van der Waals surface area contributed by atoms with Crippen LogP contribution in [0.4, 0.5) is 0 Å². The van der Waals surface area contributed by atoms with Crippen LogP contribution in [0.15, 0.2) is 42.5 Å². The van der Waals surface area contributed by atoms with Crippen molar-refractivity contribution in [1.82, 2.24) is 5.32 Å². The van der Waals surface area contributed by atoms with Crippen LogP contribution in [-0.2, 0) is 6.54 Å². The van der Waals surface area contributed by atoms with Gasteiger partial charge in [0.15, 0.2) is 11.5 Å². The molecule has 0 heterocycles. The van der Waals surface area contributed by atoms with Gasteiger partial charge in [0.25, 0.3) is 5.91 Å². The van der Waals surface area contributed by atoms with Gasteiger partial charge >= 0.3 is 0 Å². The summed E-state index contributed by atoms with van der Waals surface area (Å²) in [6.45, 7) is 5.38. The van der Waals surface area contributed by atoms with Crippen molar-refractivity contribution < 1.29 is 19.0 Å². The minimum Gasteiger partial charge on any atom is -0.497 e. The first-order valence-corrected chi connectivity index (χ1v) is 8.75. The molecule has 0 atom stereocenters. The molecule has 0 saturated carbocycles. The smallest absolute Gasteiger partial charge is 0.251 e. The van der Waals surface area contributed by atoms with Gasteiger partial charge in [-0.25, -0.2) is 0 Å². The van der Waals surface area contributed by atoms with E-state index in [9.17, 15) is 4.79 Å². The molecule has 0 fully saturated rings. The first kappa shape index (κ1) is 19.6. The van der Waals surface area contributed by atoms with Crippen LogP contribution < -0.4 is 19.5 Å². The van der Waals surface area contributed by atoms with E-state index in [1.54, 1.807) is 38.5 Å². The zero-order chi connectivity index (χ0) is 18.9. The number of nitrogens with one attached hydrogen (secondary N) is 1. The number of ether oxygens (including phenoxy) is 3. The van der Waals surface area contributed by atoms with Crippen LogP contribution in [0.5, 0.6) is 17.2 Å². The van der Waals surface area contributed by atoms with Crippen LogP contribution >= 0.6 is 0 Å². The first-order valence-electron chi connectivity index (χ1n) is 8.75. The van der Waals surface area contributed by atoms with Crippen molar-refractivity contribution in [1.29, 1.82) is 0 Å². The molecule has 0 radical (unpaired) electrons. The molecule has 0 bridgehead atoms. The van der Waals surface area contributed by atoms with Crippen molar-refractivity contribution in [2.45, 2.75) is 26.8 Å². The maximum Gasteiger partial charge on any atom is 0.251 e.